The van der Waals surface area contributed by atoms with Crippen molar-refractivity contribution >= 4 is 17.5 Å². The molecule has 4 rings (SSSR count). The van der Waals surface area contributed by atoms with Gasteiger partial charge in [-0.25, -0.2) is 8.91 Å². The smallest absolute Gasteiger partial charge is 0.366 e. The number of hydrogen-bond donors (Lipinski definition) is 2. The molecular weight excluding hydrogens is 452 g/mol. The quantitative estimate of drug-likeness (QED) is 0.419. The highest BCUT2D eigenvalue weighted by atomic mass is 19.4. The van der Waals surface area contributed by atoms with E-state index in [0.717, 1.165) is 0 Å². The van der Waals surface area contributed by atoms with Crippen LogP contribution in [0.15, 0.2) is 42.6 Å². The Kier molecular flexibility index (Phi) is 4.80. The molecule has 0 unspecified atom stereocenters. The Bertz CT molecular complexity index is 1520. The van der Waals surface area contributed by atoms with E-state index in [1.165, 1.54) is 17.5 Å². The summed E-state index contributed by atoms with van der Waals surface area (Å²) in [6.45, 7) is 0.160. The first kappa shape index (κ1) is 19.4. The fourth-order valence-electron chi connectivity index (χ4n) is 3.54. The van der Waals surface area contributed by atoms with Crippen LogP contribution in [0.5, 0.6) is 0 Å². The van der Waals surface area contributed by atoms with Gasteiger partial charge >= 0.3 is 6.18 Å². The number of nitrogens with one attached hydrogen (secondary N) is 1. The number of aromatic nitrogens is 4. The standard InChI is InChI=1S/C23H20F4N6O/c1-11-16(14-6-7-33-20(8-14)31-22(28)32-33)10-18(13(3)29-11)21(34)30-12(2)17-9-15(23(25,26)27)4-5-19(17)24/h4-10,12H,1-3H3,(H2,28,32)(H,30,34)/t12-/m1/s1/i2D3. The molecular formula is C23H20F4N6O. The van der Waals surface area contributed by atoms with E-state index < -0.39 is 41.9 Å². The van der Waals surface area contributed by atoms with Crippen LogP contribution in [0.25, 0.3) is 16.8 Å². The normalized spacial score (nSPS) is 14.4. The van der Waals surface area contributed by atoms with Crippen molar-refractivity contribution < 1.29 is 26.5 Å². The number of carbonyl (C=O) groups is 1. The minimum Gasteiger partial charge on any atom is -0.366 e. The number of halogens is 4. The maximum Gasteiger partial charge on any atom is 0.416 e. The molecule has 0 saturated heterocycles. The lowest BCUT2D eigenvalue weighted by molar-refractivity contribution is -0.137. The molecule has 0 spiro atoms. The maximum atomic E-state index is 14.5. The molecule has 0 aliphatic carbocycles. The predicted molar refractivity (Wildman–Crippen MR) is 117 cm³/mol. The number of rotatable bonds is 4. The second-order valence-electron chi connectivity index (χ2n) is 7.58. The zero-order chi connectivity index (χ0) is 27.3. The number of alkyl halides is 3. The fraction of sp³-hybridized carbons (Fsp3) is 0.217. The highest BCUT2D eigenvalue weighted by Crippen LogP contribution is 2.32. The Labute approximate surface area is 195 Å². The molecule has 7 nitrogen and oxygen atoms in total. The van der Waals surface area contributed by atoms with Crippen LogP contribution in [0.1, 0.15) is 49.9 Å². The molecule has 1 atom stereocenters. The summed E-state index contributed by atoms with van der Waals surface area (Å²) in [7, 11) is 0. The van der Waals surface area contributed by atoms with Gasteiger partial charge in [0.1, 0.15) is 5.82 Å². The minimum absolute atomic E-state index is 0.0388. The molecule has 11 heteroatoms. The lowest BCUT2D eigenvalue weighted by Gasteiger charge is -2.18. The third-order valence-electron chi connectivity index (χ3n) is 5.22. The number of amides is 1. The molecule has 0 fully saturated rings. The third kappa shape index (κ3) is 4.41. The Balaban J connectivity index is 1.75. The van der Waals surface area contributed by atoms with Crippen molar-refractivity contribution in [3.63, 3.8) is 0 Å². The summed E-state index contributed by atoms with van der Waals surface area (Å²) in [5, 5.41) is 6.18. The van der Waals surface area contributed by atoms with Crippen LogP contribution in [-0.4, -0.2) is 25.5 Å². The molecule has 34 heavy (non-hydrogen) atoms. The zero-order valence-electron chi connectivity index (χ0n) is 20.9. The van der Waals surface area contributed by atoms with E-state index in [1.54, 1.807) is 25.3 Å². The van der Waals surface area contributed by atoms with Crippen LogP contribution < -0.4 is 11.1 Å². The molecule has 0 aliphatic rings. The molecule has 1 amide bonds. The summed E-state index contributed by atoms with van der Waals surface area (Å²) in [6, 6.07) is 4.17. The van der Waals surface area contributed by atoms with Gasteiger partial charge in [0.05, 0.1) is 22.9 Å². The average molecular weight is 475 g/mol. The molecule has 0 aliphatic heterocycles. The van der Waals surface area contributed by atoms with Gasteiger partial charge in [0.15, 0.2) is 5.65 Å². The topological polar surface area (TPSA) is 98.2 Å². The largest absolute Gasteiger partial charge is 0.416 e. The second-order valence-corrected chi connectivity index (χ2v) is 7.58. The number of pyridine rings is 2. The number of fused-ring (bicyclic) bond motifs is 1. The van der Waals surface area contributed by atoms with E-state index in [0.29, 0.717) is 40.7 Å². The molecule has 176 valence electrons. The van der Waals surface area contributed by atoms with Crippen molar-refractivity contribution in [1.29, 1.82) is 0 Å². The average Bonchev–Trinajstić information content (AvgIpc) is 3.15. The van der Waals surface area contributed by atoms with Gasteiger partial charge in [-0.2, -0.15) is 18.2 Å². The number of benzene rings is 1. The van der Waals surface area contributed by atoms with E-state index in [1.807, 2.05) is 0 Å². The predicted octanol–water partition coefficient (Wildman–Crippen LogP) is 4.64. The molecule has 3 heterocycles. The number of hydrogen-bond acceptors (Lipinski definition) is 5. The Morgan fingerprint density at radius 2 is 1.91 bits per heavy atom. The lowest BCUT2D eigenvalue weighted by atomic mass is 10.0. The van der Waals surface area contributed by atoms with Gasteiger partial charge in [-0.15, -0.1) is 5.10 Å². The highest BCUT2D eigenvalue weighted by Gasteiger charge is 2.32. The van der Waals surface area contributed by atoms with Gasteiger partial charge in [-0.1, -0.05) is 0 Å². The van der Waals surface area contributed by atoms with Crippen molar-refractivity contribution in [2.45, 2.75) is 32.9 Å². The van der Waals surface area contributed by atoms with Crippen molar-refractivity contribution in [2.24, 2.45) is 0 Å². The van der Waals surface area contributed by atoms with Gasteiger partial charge in [0.25, 0.3) is 5.91 Å². The molecule has 4 aromatic rings. The van der Waals surface area contributed by atoms with Gasteiger partial charge in [0.2, 0.25) is 5.95 Å². The summed E-state index contributed by atoms with van der Waals surface area (Å²) in [5.41, 5.74) is 5.86. The highest BCUT2D eigenvalue weighted by molar-refractivity contribution is 5.97. The Morgan fingerprint density at radius 1 is 1.15 bits per heavy atom. The zero-order valence-corrected chi connectivity index (χ0v) is 17.9. The van der Waals surface area contributed by atoms with Gasteiger partial charge in [-0.3, -0.25) is 9.78 Å². The molecule has 3 aromatic heterocycles. The number of carbonyl (C=O) groups excluding carboxylic acids is 1. The Hall–Kier alpha value is -4.02. The summed E-state index contributed by atoms with van der Waals surface area (Å²) >= 11 is 0. The minimum atomic E-state index is -4.84. The van der Waals surface area contributed by atoms with Crippen LogP contribution in [0.4, 0.5) is 23.5 Å². The number of nitrogens with zero attached hydrogens (tertiary/aromatic N) is 4. The van der Waals surface area contributed by atoms with E-state index >= 15 is 0 Å². The SMILES string of the molecule is [2H]C([2H])([2H])[C@@H](NC(=O)c1cc(-c2ccn3nc(N)nc3c2)c(C)nc1C)c1cc(C(F)(F)F)ccc1F. The monoisotopic (exact) mass is 475 g/mol. The molecule has 0 bridgehead atoms. The maximum absolute atomic E-state index is 14.5. The number of nitrogens with two attached hydrogens (primary N) is 1. The van der Waals surface area contributed by atoms with Crippen LogP contribution in [-0.2, 0) is 6.18 Å². The van der Waals surface area contributed by atoms with Crippen molar-refractivity contribution in [3.05, 3.63) is 76.5 Å². The first-order chi connectivity index (χ1) is 17.1. The number of aryl methyl sites for hydroxylation is 2. The first-order valence-electron chi connectivity index (χ1n) is 11.4. The van der Waals surface area contributed by atoms with E-state index in [-0.39, 0.29) is 17.2 Å². The van der Waals surface area contributed by atoms with Gasteiger partial charge < -0.3 is 11.1 Å². The van der Waals surface area contributed by atoms with Crippen LogP contribution >= 0.6 is 0 Å². The molecule has 1 aromatic carbocycles. The lowest BCUT2D eigenvalue weighted by Crippen LogP contribution is -2.28. The third-order valence-corrected chi connectivity index (χ3v) is 5.22. The number of nitrogen functional groups attached to an aromatic ring is 1. The van der Waals surface area contributed by atoms with Crippen molar-refractivity contribution in [3.8, 4) is 11.1 Å². The summed E-state index contributed by atoms with van der Waals surface area (Å²) in [6.07, 6.45) is -3.23. The van der Waals surface area contributed by atoms with Crippen molar-refractivity contribution in [2.75, 3.05) is 5.73 Å². The summed E-state index contributed by atoms with van der Waals surface area (Å²) < 4.78 is 78.9. The van der Waals surface area contributed by atoms with Crippen LogP contribution in [0.3, 0.4) is 0 Å². The first-order valence-corrected chi connectivity index (χ1v) is 9.93. The van der Waals surface area contributed by atoms with Gasteiger partial charge in [0, 0.05) is 27.1 Å². The summed E-state index contributed by atoms with van der Waals surface area (Å²) in [5.74, 6) is -2.08. The van der Waals surface area contributed by atoms with E-state index in [4.69, 9.17) is 9.85 Å². The Morgan fingerprint density at radius 3 is 2.62 bits per heavy atom. The van der Waals surface area contributed by atoms with E-state index in [2.05, 4.69) is 20.4 Å². The molecule has 0 saturated carbocycles. The summed E-state index contributed by atoms with van der Waals surface area (Å²) in [4.78, 5) is 21.7. The fourth-order valence-corrected chi connectivity index (χ4v) is 3.54. The van der Waals surface area contributed by atoms with Crippen molar-refractivity contribution in [1.82, 2.24) is 24.9 Å². The molecule has 3 N–H and O–H groups in total. The second kappa shape index (κ2) is 8.40. The van der Waals surface area contributed by atoms with Crippen LogP contribution in [0, 0.1) is 19.7 Å². The molecule has 0 radical (unpaired) electrons. The number of anilines is 1. The van der Waals surface area contributed by atoms with Crippen LogP contribution in [0.2, 0.25) is 0 Å². The van der Waals surface area contributed by atoms with E-state index in [9.17, 15) is 22.4 Å². The van der Waals surface area contributed by atoms with Gasteiger partial charge in [-0.05, 0) is 62.7 Å².